The molecule has 106 valence electrons. The van der Waals surface area contributed by atoms with Crippen LogP contribution in [-0.4, -0.2) is 0 Å². The van der Waals surface area contributed by atoms with E-state index in [1.165, 1.54) is 5.39 Å². The van der Waals surface area contributed by atoms with Crippen molar-refractivity contribution in [1.82, 2.24) is 0 Å². The van der Waals surface area contributed by atoms with Gasteiger partial charge in [0.25, 0.3) is 0 Å². The van der Waals surface area contributed by atoms with Crippen molar-refractivity contribution in [3.8, 4) is 11.5 Å². The molecule has 3 aromatic rings. The van der Waals surface area contributed by atoms with E-state index in [1.807, 2.05) is 49.4 Å². The highest BCUT2D eigenvalue weighted by molar-refractivity contribution is 9.10. The van der Waals surface area contributed by atoms with E-state index in [2.05, 4.69) is 34.1 Å². The summed E-state index contributed by atoms with van der Waals surface area (Å²) < 4.78 is 7.03. The molecule has 0 spiro atoms. The summed E-state index contributed by atoms with van der Waals surface area (Å²) in [6, 6.07) is 20.1. The van der Waals surface area contributed by atoms with Gasteiger partial charge in [-0.05, 0) is 48.0 Å². The van der Waals surface area contributed by atoms with Crippen molar-refractivity contribution in [3.05, 3.63) is 70.7 Å². The Balaban J connectivity index is 1.98. The summed E-state index contributed by atoms with van der Waals surface area (Å²) >= 11 is 3.47. The van der Waals surface area contributed by atoms with Crippen molar-refractivity contribution in [2.75, 3.05) is 0 Å². The zero-order chi connectivity index (χ0) is 14.8. The standard InChI is InChI=1S/C18H16BrNO/c1-12(20)17-11-15(19)7-9-18(17)21-16-8-6-13-4-2-3-5-14(13)10-16/h2-12H,20H2,1H3. The number of halogens is 1. The molecule has 0 saturated heterocycles. The van der Waals surface area contributed by atoms with Crippen LogP contribution in [0.15, 0.2) is 65.1 Å². The van der Waals surface area contributed by atoms with Crippen LogP contribution in [0.1, 0.15) is 18.5 Å². The predicted molar refractivity (Wildman–Crippen MR) is 90.8 cm³/mol. The number of hydrogen-bond acceptors (Lipinski definition) is 2. The monoisotopic (exact) mass is 341 g/mol. The van der Waals surface area contributed by atoms with Crippen LogP contribution in [0.3, 0.4) is 0 Å². The Kier molecular flexibility index (Phi) is 3.95. The first-order valence-electron chi connectivity index (χ1n) is 6.85. The predicted octanol–water partition coefficient (Wildman–Crippen LogP) is 5.41. The Labute approximate surface area is 132 Å². The maximum absolute atomic E-state index is 6.03. The molecule has 0 radical (unpaired) electrons. The van der Waals surface area contributed by atoms with E-state index < -0.39 is 0 Å². The summed E-state index contributed by atoms with van der Waals surface area (Å²) in [5, 5.41) is 2.36. The van der Waals surface area contributed by atoms with Gasteiger partial charge in [0.15, 0.2) is 0 Å². The summed E-state index contributed by atoms with van der Waals surface area (Å²) in [5.41, 5.74) is 7.01. The lowest BCUT2D eigenvalue weighted by Crippen LogP contribution is -2.06. The third-order valence-electron chi connectivity index (χ3n) is 3.41. The Bertz CT molecular complexity index is 783. The number of nitrogens with two attached hydrogens (primary N) is 1. The topological polar surface area (TPSA) is 35.2 Å². The van der Waals surface area contributed by atoms with Gasteiger partial charge in [0, 0.05) is 16.1 Å². The van der Waals surface area contributed by atoms with Gasteiger partial charge in [-0.25, -0.2) is 0 Å². The molecule has 0 fully saturated rings. The lowest BCUT2D eigenvalue weighted by molar-refractivity contribution is 0.472. The molecule has 0 aliphatic rings. The van der Waals surface area contributed by atoms with Crippen molar-refractivity contribution in [2.24, 2.45) is 5.73 Å². The first kappa shape index (κ1) is 14.1. The second-order valence-electron chi connectivity index (χ2n) is 5.08. The first-order valence-corrected chi connectivity index (χ1v) is 7.64. The van der Waals surface area contributed by atoms with Crippen molar-refractivity contribution in [2.45, 2.75) is 13.0 Å². The third kappa shape index (κ3) is 3.09. The molecule has 1 atom stereocenters. The Morgan fingerprint density at radius 3 is 2.48 bits per heavy atom. The van der Waals surface area contributed by atoms with Gasteiger partial charge in [-0.2, -0.15) is 0 Å². The van der Waals surface area contributed by atoms with E-state index in [0.717, 1.165) is 26.9 Å². The minimum atomic E-state index is -0.0852. The lowest BCUT2D eigenvalue weighted by atomic mass is 10.1. The highest BCUT2D eigenvalue weighted by atomic mass is 79.9. The lowest BCUT2D eigenvalue weighted by Gasteiger charge is -2.14. The fourth-order valence-corrected chi connectivity index (χ4v) is 2.70. The summed E-state index contributed by atoms with van der Waals surface area (Å²) in [5.74, 6) is 1.61. The Morgan fingerprint density at radius 1 is 0.952 bits per heavy atom. The molecule has 3 rings (SSSR count). The highest BCUT2D eigenvalue weighted by Gasteiger charge is 2.10. The van der Waals surface area contributed by atoms with Crippen LogP contribution < -0.4 is 10.5 Å². The van der Waals surface area contributed by atoms with Gasteiger partial charge in [-0.3, -0.25) is 0 Å². The van der Waals surface area contributed by atoms with Crippen molar-refractivity contribution in [3.63, 3.8) is 0 Å². The maximum atomic E-state index is 6.03. The minimum absolute atomic E-state index is 0.0852. The average Bonchev–Trinajstić information content (AvgIpc) is 2.49. The van der Waals surface area contributed by atoms with E-state index in [1.54, 1.807) is 0 Å². The van der Waals surface area contributed by atoms with Gasteiger partial charge in [0.1, 0.15) is 11.5 Å². The molecule has 0 bridgehead atoms. The zero-order valence-electron chi connectivity index (χ0n) is 11.7. The molecule has 0 saturated carbocycles. The fourth-order valence-electron chi connectivity index (χ4n) is 2.33. The molecule has 0 heterocycles. The molecule has 0 aromatic heterocycles. The van der Waals surface area contributed by atoms with Gasteiger partial charge in [-0.1, -0.05) is 46.3 Å². The minimum Gasteiger partial charge on any atom is -0.457 e. The Hall–Kier alpha value is -1.84. The number of rotatable bonds is 3. The second kappa shape index (κ2) is 5.88. The van der Waals surface area contributed by atoms with Crippen LogP contribution in [0.5, 0.6) is 11.5 Å². The SMILES string of the molecule is CC(N)c1cc(Br)ccc1Oc1ccc2ccccc2c1. The number of hydrogen-bond donors (Lipinski definition) is 1. The van der Waals surface area contributed by atoms with Gasteiger partial charge >= 0.3 is 0 Å². The van der Waals surface area contributed by atoms with Gasteiger partial charge in [0.05, 0.1) is 0 Å². The maximum Gasteiger partial charge on any atom is 0.132 e. The zero-order valence-corrected chi connectivity index (χ0v) is 13.3. The molecule has 1 unspecified atom stereocenters. The van der Waals surface area contributed by atoms with Crippen LogP contribution in [0.2, 0.25) is 0 Å². The normalized spacial score (nSPS) is 12.3. The molecule has 2 nitrogen and oxygen atoms in total. The molecule has 0 amide bonds. The van der Waals surface area contributed by atoms with E-state index >= 15 is 0 Å². The molecular weight excluding hydrogens is 326 g/mol. The Morgan fingerprint density at radius 2 is 1.71 bits per heavy atom. The average molecular weight is 342 g/mol. The first-order chi connectivity index (χ1) is 10.1. The van der Waals surface area contributed by atoms with E-state index in [-0.39, 0.29) is 6.04 Å². The molecular formula is C18H16BrNO. The van der Waals surface area contributed by atoms with Crippen molar-refractivity contribution >= 4 is 26.7 Å². The molecule has 3 heteroatoms. The molecule has 3 aromatic carbocycles. The van der Waals surface area contributed by atoms with Crippen LogP contribution in [0.4, 0.5) is 0 Å². The molecule has 0 aliphatic carbocycles. The molecule has 2 N–H and O–H groups in total. The van der Waals surface area contributed by atoms with Crippen LogP contribution in [0, 0.1) is 0 Å². The third-order valence-corrected chi connectivity index (χ3v) is 3.90. The van der Waals surface area contributed by atoms with Crippen molar-refractivity contribution in [1.29, 1.82) is 0 Å². The summed E-state index contributed by atoms with van der Waals surface area (Å²) in [6.45, 7) is 1.95. The second-order valence-corrected chi connectivity index (χ2v) is 6.00. The summed E-state index contributed by atoms with van der Waals surface area (Å²) in [4.78, 5) is 0. The van der Waals surface area contributed by atoms with Gasteiger partial charge in [-0.15, -0.1) is 0 Å². The van der Waals surface area contributed by atoms with E-state index in [9.17, 15) is 0 Å². The van der Waals surface area contributed by atoms with Crippen LogP contribution in [0.25, 0.3) is 10.8 Å². The van der Waals surface area contributed by atoms with E-state index in [0.29, 0.717) is 0 Å². The molecule has 21 heavy (non-hydrogen) atoms. The van der Waals surface area contributed by atoms with Gasteiger partial charge in [0.2, 0.25) is 0 Å². The largest absolute Gasteiger partial charge is 0.457 e. The van der Waals surface area contributed by atoms with Crippen LogP contribution >= 0.6 is 15.9 Å². The fraction of sp³-hybridized carbons (Fsp3) is 0.111. The van der Waals surface area contributed by atoms with Crippen LogP contribution in [-0.2, 0) is 0 Å². The van der Waals surface area contributed by atoms with Gasteiger partial charge < -0.3 is 10.5 Å². The number of ether oxygens (including phenoxy) is 1. The van der Waals surface area contributed by atoms with Crippen molar-refractivity contribution < 1.29 is 4.74 Å². The summed E-state index contributed by atoms with van der Waals surface area (Å²) in [6.07, 6.45) is 0. The smallest absolute Gasteiger partial charge is 0.132 e. The van der Waals surface area contributed by atoms with E-state index in [4.69, 9.17) is 10.5 Å². The summed E-state index contributed by atoms with van der Waals surface area (Å²) in [7, 11) is 0. The number of benzene rings is 3. The highest BCUT2D eigenvalue weighted by Crippen LogP contribution is 2.32. The molecule has 0 aliphatic heterocycles. The quantitative estimate of drug-likeness (QED) is 0.690. The number of fused-ring (bicyclic) bond motifs is 1.